The normalized spacial score (nSPS) is 19.5. The van der Waals surface area contributed by atoms with Crippen molar-refractivity contribution in [2.75, 3.05) is 31.5 Å². The van der Waals surface area contributed by atoms with E-state index in [1.165, 1.54) is 4.31 Å². The number of anilines is 1. The maximum absolute atomic E-state index is 13.2. The first-order valence-electron chi connectivity index (χ1n) is 12.4. The zero-order chi connectivity index (χ0) is 25.7. The Labute approximate surface area is 222 Å². The number of carbonyl (C=O) groups is 2. The lowest BCUT2D eigenvalue weighted by atomic mass is 9.98. The van der Waals surface area contributed by atoms with Crippen molar-refractivity contribution < 1.29 is 18.0 Å². The van der Waals surface area contributed by atoms with Crippen LogP contribution in [0.15, 0.2) is 42.5 Å². The van der Waals surface area contributed by atoms with Crippen LogP contribution in [0.1, 0.15) is 54.4 Å². The van der Waals surface area contributed by atoms with Crippen molar-refractivity contribution in [3.05, 3.63) is 63.6 Å². The highest BCUT2D eigenvalue weighted by molar-refractivity contribution is 7.88. The molecular formula is C26H31Cl2N3O4S. The number of para-hydroxylation sites is 1. The van der Waals surface area contributed by atoms with Gasteiger partial charge in [-0.2, -0.15) is 0 Å². The second kappa shape index (κ2) is 11.9. The molecule has 0 spiro atoms. The molecule has 7 nitrogen and oxygen atoms in total. The van der Waals surface area contributed by atoms with Crippen LogP contribution in [-0.2, 0) is 20.6 Å². The molecule has 4 rings (SSSR count). The van der Waals surface area contributed by atoms with Crippen LogP contribution in [0.4, 0.5) is 5.69 Å². The van der Waals surface area contributed by atoms with Crippen molar-refractivity contribution in [3.8, 4) is 0 Å². The molecule has 1 N–H and O–H groups in total. The predicted molar refractivity (Wildman–Crippen MR) is 143 cm³/mol. The van der Waals surface area contributed by atoms with Crippen molar-refractivity contribution in [1.82, 2.24) is 9.21 Å². The number of nitrogens with zero attached hydrogens (tertiary/aromatic N) is 2. The summed E-state index contributed by atoms with van der Waals surface area (Å²) in [7, 11) is -3.74. The third-order valence-corrected chi connectivity index (χ3v) is 9.33. The third-order valence-electron chi connectivity index (χ3n) is 6.85. The molecule has 2 fully saturated rings. The Morgan fingerprint density at radius 3 is 2.25 bits per heavy atom. The summed E-state index contributed by atoms with van der Waals surface area (Å²) in [6.45, 7) is 1.83. The monoisotopic (exact) mass is 551 g/mol. The van der Waals surface area contributed by atoms with Crippen LogP contribution < -0.4 is 5.32 Å². The fourth-order valence-electron chi connectivity index (χ4n) is 4.81. The van der Waals surface area contributed by atoms with Gasteiger partial charge in [0.1, 0.15) is 0 Å². The number of benzene rings is 2. The molecule has 0 saturated carbocycles. The summed E-state index contributed by atoms with van der Waals surface area (Å²) in [5, 5.41) is 3.49. The smallest absolute Gasteiger partial charge is 0.255 e. The summed E-state index contributed by atoms with van der Waals surface area (Å²) in [5.41, 5.74) is 1.27. The number of nitrogens with one attached hydrogen (secondary N) is 1. The van der Waals surface area contributed by atoms with Gasteiger partial charge in [0, 0.05) is 41.8 Å². The van der Waals surface area contributed by atoms with E-state index in [2.05, 4.69) is 5.32 Å². The van der Waals surface area contributed by atoms with E-state index in [0.717, 1.165) is 25.7 Å². The number of hydrogen-bond acceptors (Lipinski definition) is 4. The van der Waals surface area contributed by atoms with Gasteiger partial charge in [0.15, 0.2) is 0 Å². The molecule has 194 valence electrons. The molecule has 0 radical (unpaired) electrons. The van der Waals surface area contributed by atoms with E-state index < -0.39 is 15.9 Å². The van der Waals surface area contributed by atoms with E-state index in [9.17, 15) is 18.0 Å². The van der Waals surface area contributed by atoms with E-state index in [1.54, 1.807) is 42.5 Å². The topological polar surface area (TPSA) is 86.8 Å². The van der Waals surface area contributed by atoms with Crippen LogP contribution in [0, 0.1) is 5.92 Å². The van der Waals surface area contributed by atoms with E-state index in [-0.39, 0.29) is 24.1 Å². The predicted octanol–water partition coefficient (Wildman–Crippen LogP) is 5.19. The third kappa shape index (κ3) is 6.40. The number of piperidine rings is 1. The van der Waals surface area contributed by atoms with Gasteiger partial charge in [-0.25, -0.2) is 12.7 Å². The molecule has 2 aliphatic heterocycles. The van der Waals surface area contributed by atoms with Crippen LogP contribution in [0.3, 0.4) is 0 Å². The number of hydrogen-bond donors (Lipinski definition) is 1. The van der Waals surface area contributed by atoms with Crippen molar-refractivity contribution in [3.63, 3.8) is 0 Å². The van der Waals surface area contributed by atoms with Crippen molar-refractivity contribution >= 4 is 50.7 Å². The van der Waals surface area contributed by atoms with Crippen molar-refractivity contribution in [1.29, 1.82) is 0 Å². The van der Waals surface area contributed by atoms with Crippen LogP contribution in [0.25, 0.3) is 0 Å². The summed E-state index contributed by atoms with van der Waals surface area (Å²) in [5.74, 6) is -1.23. The largest absolute Gasteiger partial charge is 0.339 e. The maximum atomic E-state index is 13.2. The lowest BCUT2D eigenvalue weighted by Crippen LogP contribution is -2.44. The number of amides is 2. The number of carbonyl (C=O) groups excluding carboxylic acids is 2. The van der Waals surface area contributed by atoms with E-state index in [4.69, 9.17) is 23.2 Å². The highest BCUT2D eigenvalue weighted by Crippen LogP contribution is 2.29. The first kappa shape index (κ1) is 26.9. The van der Waals surface area contributed by atoms with Crippen LogP contribution in [0.5, 0.6) is 0 Å². The fourth-order valence-corrected chi connectivity index (χ4v) is 7.17. The molecule has 0 aliphatic carbocycles. The molecule has 36 heavy (non-hydrogen) atoms. The zero-order valence-electron chi connectivity index (χ0n) is 20.1. The van der Waals surface area contributed by atoms with Gasteiger partial charge in [-0.3, -0.25) is 9.59 Å². The first-order valence-corrected chi connectivity index (χ1v) is 14.7. The molecule has 2 saturated heterocycles. The summed E-state index contributed by atoms with van der Waals surface area (Å²) in [4.78, 5) is 28.3. The maximum Gasteiger partial charge on any atom is 0.255 e. The summed E-state index contributed by atoms with van der Waals surface area (Å²) >= 11 is 12.4. The van der Waals surface area contributed by atoms with Gasteiger partial charge < -0.3 is 10.2 Å². The summed E-state index contributed by atoms with van der Waals surface area (Å²) in [6, 6.07) is 11.9. The Bertz CT molecular complexity index is 1190. The van der Waals surface area contributed by atoms with Crippen molar-refractivity contribution in [2.45, 2.75) is 44.3 Å². The van der Waals surface area contributed by atoms with E-state index >= 15 is 0 Å². The quantitative estimate of drug-likeness (QED) is 0.535. The van der Waals surface area contributed by atoms with E-state index in [0.29, 0.717) is 59.3 Å². The van der Waals surface area contributed by atoms with Gasteiger partial charge in [0.05, 0.1) is 22.9 Å². The Morgan fingerprint density at radius 1 is 0.889 bits per heavy atom. The van der Waals surface area contributed by atoms with Gasteiger partial charge in [-0.15, -0.1) is 0 Å². The Balaban J connectivity index is 1.45. The van der Waals surface area contributed by atoms with Gasteiger partial charge in [0.2, 0.25) is 15.9 Å². The molecular weight excluding hydrogens is 521 g/mol. The van der Waals surface area contributed by atoms with Gasteiger partial charge in [0.25, 0.3) is 5.91 Å². The molecule has 2 heterocycles. The highest BCUT2D eigenvalue weighted by Gasteiger charge is 2.33. The van der Waals surface area contributed by atoms with Gasteiger partial charge >= 0.3 is 0 Å². The molecule has 2 amide bonds. The summed E-state index contributed by atoms with van der Waals surface area (Å²) < 4.78 is 27.7. The number of rotatable bonds is 6. The van der Waals surface area contributed by atoms with Crippen LogP contribution in [-0.4, -0.2) is 55.6 Å². The van der Waals surface area contributed by atoms with E-state index in [1.807, 2.05) is 4.90 Å². The molecule has 2 aromatic carbocycles. The number of likely N-dealkylation sites (tertiary alicyclic amines) is 1. The summed E-state index contributed by atoms with van der Waals surface area (Å²) in [6.07, 6.45) is 5.31. The van der Waals surface area contributed by atoms with Gasteiger partial charge in [-0.1, -0.05) is 54.2 Å². The second-order valence-corrected chi connectivity index (χ2v) is 12.2. The molecule has 0 aromatic heterocycles. The standard InChI is InChI=1S/C26H31Cl2N3O4S/c27-22-11-7-12-23(28)21(22)18-36(34,35)31-16-8-9-19(17-31)25(32)29-24-13-4-3-10-20(24)26(33)30-14-5-1-2-6-15-30/h3-4,7,10-13,19H,1-2,5-6,8-9,14-18H2,(H,29,32)/t19-/m0/s1. The number of halogens is 2. The second-order valence-electron chi connectivity index (χ2n) is 9.39. The molecule has 2 aromatic rings. The minimum atomic E-state index is -3.74. The highest BCUT2D eigenvalue weighted by atomic mass is 35.5. The first-order chi connectivity index (χ1) is 17.3. The lowest BCUT2D eigenvalue weighted by Gasteiger charge is -2.31. The lowest BCUT2D eigenvalue weighted by molar-refractivity contribution is -0.120. The van der Waals surface area contributed by atoms with Crippen LogP contribution in [0.2, 0.25) is 10.0 Å². The molecule has 1 atom stereocenters. The zero-order valence-corrected chi connectivity index (χ0v) is 22.4. The molecule has 10 heteroatoms. The average molecular weight is 553 g/mol. The van der Waals surface area contributed by atoms with Crippen molar-refractivity contribution in [2.24, 2.45) is 5.92 Å². The van der Waals surface area contributed by atoms with Crippen LogP contribution >= 0.6 is 23.2 Å². The Morgan fingerprint density at radius 2 is 1.56 bits per heavy atom. The molecule has 2 aliphatic rings. The molecule has 0 unspecified atom stereocenters. The SMILES string of the molecule is O=C(Nc1ccccc1C(=O)N1CCCCCC1)[C@H]1CCCN(S(=O)(=O)Cc2c(Cl)cccc2Cl)C1. The minimum Gasteiger partial charge on any atom is -0.339 e. The van der Waals surface area contributed by atoms with Gasteiger partial charge in [-0.05, 0) is 49.9 Å². The number of sulfonamides is 1. The Hall–Kier alpha value is -2.13. The average Bonchev–Trinajstić information content (AvgIpc) is 3.16. The minimum absolute atomic E-state index is 0.0679. The molecule has 0 bridgehead atoms. The Kier molecular flexibility index (Phi) is 8.93. The fraction of sp³-hybridized carbons (Fsp3) is 0.462.